The molecule has 1 fully saturated rings. The van der Waals surface area contributed by atoms with Crippen molar-refractivity contribution in [2.24, 2.45) is 11.8 Å². The molecule has 1 aromatic heterocycles. The molecular formula is C28H33F3N2O3S. The number of likely N-dealkylation sites (tertiary alicyclic amines) is 1. The quantitative estimate of drug-likeness (QED) is 0.321. The molecule has 2 aromatic carbocycles. The lowest BCUT2D eigenvalue weighted by Gasteiger charge is -2.38. The fourth-order valence-electron chi connectivity index (χ4n) is 5.09. The van der Waals surface area contributed by atoms with Crippen molar-refractivity contribution in [3.05, 3.63) is 65.9 Å². The molecule has 0 saturated carbocycles. The van der Waals surface area contributed by atoms with Crippen molar-refractivity contribution in [3.63, 3.8) is 0 Å². The number of thioether (sulfide) groups is 1. The number of ether oxygens (including phenoxy) is 1. The van der Waals surface area contributed by atoms with Gasteiger partial charge in [-0.25, -0.2) is 0 Å². The zero-order chi connectivity index (χ0) is 26.4. The molecule has 0 radical (unpaired) electrons. The van der Waals surface area contributed by atoms with Crippen molar-refractivity contribution in [1.29, 1.82) is 0 Å². The number of aliphatic hydroxyl groups excluding tert-OH is 2. The highest BCUT2D eigenvalue weighted by molar-refractivity contribution is 7.99. The number of hydrogen-bond donors (Lipinski definition) is 2. The standard InChI is InChI=1S/C28H33F3N2O3S/c1-36-22-6-7-26-25(16-22)24(9-11-32-26)27(35)8-5-19-10-12-33(17-20(19)18-34)13-14-37-23-4-2-3-21(15-23)28(29,30)31/h2-4,6-7,9,11,15-16,19-20,27,34-35H,5,8,10,12-14,17-18H2,1H3/t19-,20-,27?/m1/s1. The number of pyridine rings is 1. The number of nitrogens with zero attached hydrogens (tertiary/aromatic N) is 2. The van der Waals surface area contributed by atoms with Crippen LogP contribution in [0.2, 0.25) is 0 Å². The van der Waals surface area contributed by atoms with Crippen molar-refractivity contribution in [2.45, 2.75) is 36.4 Å². The van der Waals surface area contributed by atoms with Crippen LogP contribution in [0.1, 0.15) is 36.5 Å². The van der Waals surface area contributed by atoms with Gasteiger partial charge in [0, 0.05) is 41.9 Å². The van der Waals surface area contributed by atoms with Crippen LogP contribution in [0, 0.1) is 11.8 Å². The molecule has 3 aromatic rings. The summed E-state index contributed by atoms with van der Waals surface area (Å²) in [5.41, 5.74) is 1.01. The Morgan fingerprint density at radius 2 is 2.00 bits per heavy atom. The second-order valence-electron chi connectivity index (χ2n) is 9.54. The van der Waals surface area contributed by atoms with E-state index in [9.17, 15) is 23.4 Å². The van der Waals surface area contributed by atoms with E-state index in [2.05, 4.69) is 9.88 Å². The second kappa shape index (κ2) is 12.5. The summed E-state index contributed by atoms with van der Waals surface area (Å²) in [6.07, 6.45) is -0.969. The van der Waals surface area contributed by atoms with E-state index in [4.69, 9.17) is 4.74 Å². The molecule has 37 heavy (non-hydrogen) atoms. The van der Waals surface area contributed by atoms with Gasteiger partial charge in [-0.15, -0.1) is 11.8 Å². The number of hydrogen-bond acceptors (Lipinski definition) is 6. The fourth-order valence-corrected chi connectivity index (χ4v) is 6.06. The average molecular weight is 535 g/mol. The first kappa shape index (κ1) is 27.7. The predicted molar refractivity (Wildman–Crippen MR) is 140 cm³/mol. The molecule has 2 N–H and O–H groups in total. The van der Waals surface area contributed by atoms with Gasteiger partial charge >= 0.3 is 6.18 Å². The van der Waals surface area contributed by atoms with Crippen LogP contribution in [-0.2, 0) is 6.18 Å². The molecule has 0 amide bonds. The molecule has 1 unspecified atom stereocenters. The minimum absolute atomic E-state index is 0.0768. The molecule has 9 heteroatoms. The van der Waals surface area contributed by atoms with Crippen LogP contribution in [0.5, 0.6) is 5.75 Å². The first-order valence-corrected chi connectivity index (χ1v) is 13.5. The summed E-state index contributed by atoms with van der Waals surface area (Å²) in [4.78, 5) is 7.27. The zero-order valence-corrected chi connectivity index (χ0v) is 21.6. The maximum atomic E-state index is 12.9. The number of aromatic nitrogens is 1. The normalized spacial score (nSPS) is 19.7. The van der Waals surface area contributed by atoms with Crippen LogP contribution < -0.4 is 4.74 Å². The van der Waals surface area contributed by atoms with Gasteiger partial charge in [-0.2, -0.15) is 13.2 Å². The fraction of sp³-hybridized carbons (Fsp3) is 0.464. The van der Waals surface area contributed by atoms with E-state index in [0.717, 1.165) is 55.0 Å². The number of alkyl halides is 3. The molecule has 3 atom stereocenters. The summed E-state index contributed by atoms with van der Waals surface area (Å²) in [6.45, 7) is 2.44. The molecule has 0 bridgehead atoms. The van der Waals surface area contributed by atoms with E-state index in [0.29, 0.717) is 28.7 Å². The third-order valence-corrected chi connectivity index (χ3v) is 8.17. The number of rotatable bonds is 10. The summed E-state index contributed by atoms with van der Waals surface area (Å²) in [6, 6.07) is 12.9. The highest BCUT2D eigenvalue weighted by Crippen LogP contribution is 2.34. The van der Waals surface area contributed by atoms with Crippen molar-refractivity contribution < 1.29 is 28.1 Å². The lowest BCUT2D eigenvalue weighted by atomic mass is 9.81. The topological polar surface area (TPSA) is 65.8 Å². The maximum absolute atomic E-state index is 12.9. The maximum Gasteiger partial charge on any atom is 0.416 e. The molecule has 200 valence electrons. The molecule has 5 nitrogen and oxygen atoms in total. The summed E-state index contributed by atoms with van der Waals surface area (Å²) in [7, 11) is 1.61. The van der Waals surface area contributed by atoms with Crippen LogP contribution in [0.3, 0.4) is 0 Å². The molecule has 1 aliphatic rings. The summed E-state index contributed by atoms with van der Waals surface area (Å²) < 4.78 is 44.2. The molecule has 1 saturated heterocycles. The first-order chi connectivity index (χ1) is 17.8. The predicted octanol–water partition coefficient (Wildman–Crippen LogP) is 5.80. The third-order valence-electron chi connectivity index (χ3n) is 7.20. The van der Waals surface area contributed by atoms with Gasteiger partial charge in [0.05, 0.1) is 24.3 Å². The summed E-state index contributed by atoms with van der Waals surface area (Å²) in [5, 5.41) is 21.9. The molecule has 0 spiro atoms. The number of methoxy groups -OCH3 is 1. The lowest BCUT2D eigenvalue weighted by molar-refractivity contribution is -0.137. The first-order valence-electron chi connectivity index (χ1n) is 12.5. The van der Waals surface area contributed by atoms with E-state index in [1.807, 2.05) is 24.3 Å². The average Bonchev–Trinajstić information content (AvgIpc) is 2.91. The van der Waals surface area contributed by atoms with E-state index >= 15 is 0 Å². The Morgan fingerprint density at radius 3 is 2.76 bits per heavy atom. The van der Waals surface area contributed by atoms with Gasteiger partial charge in [0.2, 0.25) is 0 Å². The van der Waals surface area contributed by atoms with Crippen LogP contribution >= 0.6 is 11.8 Å². The number of piperidine rings is 1. The molecule has 4 rings (SSSR count). The highest BCUT2D eigenvalue weighted by atomic mass is 32.2. The van der Waals surface area contributed by atoms with Crippen LogP contribution in [0.25, 0.3) is 10.9 Å². The summed E-state index contributed by atoms with van der Waals surface area (Å²) >= 11 is 1.42. The highest BCUT2D eigenvalue weighted by Gasteiger charge is 2.31. The minimum Gasteiger partial charge on any atom is -0.497 e. The molecule has 0 aliphatic carbocycles. The van der Waals surface area contributed by atoms with E-state index in [-0.39, 0.29) is 12.5 Å². The SMILES string of the molecule is COc1ccc2nccc(C(O)CC[C@@H]3CCN(CCSc4cccc(C(F)(F)F)c4)C[C@@H]3CO)c2c1. The number of aliphatic hydroxyl groups is 2. The molecular weight excluding hydrogens is 501 g/mol. The zero-order valence-electron chi connectivity index (χ0n) is 20.8. The van der Waals surface area contributed by atoms with Crippen LogP contribution in [0.4, 0.5) is 13.2 Å². The van der Waals surface area contributed by atoms with Gasteiger partial charge in [0.15, 0.2) is 0 Å². The summed E-state index contributed by atoms with van der Waals surface area (Å²) in [5.74, 6) is 1.80. The Balaban J connectivity index is 1.28. The van der Waals surface area contributed by atoms with Gasteiger partial charge in [-0.05, 0) is 85.7 Å². The van der Waals surface area contributed by atoms with Gasteiger partial charge < -0.3 is 19.8 Å². The van der Waals surface area contributed by atoms with Gasteiger partial charge in [-0.1, -0.05) is 6.07 Å². The number of fused-ring (bicyclic) bond motifs is 1. The third kappa shape index (κ3) is 7.16. The van der Waals surface area contributed by atoms with Crippen molar-refractivity contribution >= 4 is 22.7 Å². The van der Waals surface area contributed by atoms with E-state index < -0.39 is 17.8 Å². The monoisotopic (exact) mass is 534 g/mol. The van der Waals surface area contributed by atoms with Crippen LogP contribution in [-0.4, -0.2) is 59.2 Å². The van der Waals surface area contributed by atoms with Gasteiger partial charge in [0.25, 0.3) is 0 Å². The lowest BCUT2D eigenvalue weighted by Crippen LogP contribution is -2.43. The Labute approximate surface area is 219 Å². The number of halogens is 3. The van der Waals surface area contributed by atoms with Gasteiger partial charge in [-0.3, -0.25) is 4.98 Å². The Hall–Kier alpha value is -2.33. The van der Waals surface area contributed by atoms with Crippen molar-refractivity contribution in [1.82, 2.24) is 9.88 Å². The van der Waals surface area contributed by atoms with Crippen LogP contribution in [0.15, 0.2) is 59.6 Å². The second-order valence-corrected chi connectivity index (χ2v) is 10.7. The molecule has 2 heterocycles. The minimum atomic E-state index is -4.34. The van der Waals surface area contributed by atoms with E-state index in [1.165, 1.54) is 23.9 Å². The number of benzene rings is 2. The Kier molecular flexibility index (Phi) is 9.34. The Morgan fingerprint density at radius 1 is 1.16 bits per heavy atom. The molecule has 1 aliphatic heterocycles. The van der Waals surface area contributed by atoms with Crippen molar-refractivity contribution in [3.8, 4) is 5.75 Å². The largest absolute Gasteiger partial charge is 0.497 e. The van der Waals surface area contributed by atoms with Gasteiger partial charge in [0.1, 0.15) is 5.75 Å². The smallest absolute Gasteiger partial charge is 0.416 e. The van der Waals surface area contributed by atoms with E-state index in [1.54, 1.807) is 19.4 Å². The van der Waals surface area contributed by atoms with Crippen molar-refractivity contribution in [2.75, 3.05) is 39.1 Å². The Bertz CT molecular complexity index is 1180.